The Balaban J connectivity index is 3.22. The maximum absolute atomic E-state index is 12.2. The number of alkyl carbamates (subject to hydrolysis) is 1. The van der Waals surface area contributed by atoms with Crippen LogP contribution in [0.4, 0.5) is 4.79 Å². The molecule has 27 heavy (non-hydrogen) atoms. The number of aliphatic carboxylic acids is 2. The van der Waals surface area contributed by atoms with Crippen LogP contribution in [0.3, 0.4) is 0 Å². The number of amides is 1. The van der Waals surface area contributed by atoms with Crippen LogP contribution in [0.1, 0.15) is 20.8 Å². The van der Waals surface area contributed by atoms with Gasteiger partial charge in [0.1, 0.15) is 18.7 Å². The Morgan fingerprint density at radius 1 is 0.889 bits per heavy atom. The zero-order valence-electron chi connectivity index (χ0n) is 14.9. The van der Waals surface area contributed by atoms with Crippen molar-refractivity contribution in [1.82, 2.24) is 19.0 Å². The van der Waals surface area contributed by atoms with Crippen molar-refractivity contribution in [3.05, 3.63) is 31.5 Å². The van der Waals surface area contributed by atoms with Crippen LogP contribution < -0.4 is 22.4 Å². The number of ether oxygens (including phenoxy) is 1. The molecule has 0 saturated heterocycles. The lowest BCUT2D eigenvalue weighted by atomic mass is 10.2. The average Bonchev–Trinajstić information content (AvgIpc) is 2.49. The molecule has 0 bridgehead atoms. The third-order valence-electron chi connectivity index (χ3n) is 2.98. The number of carbonyl (C=O) groups is 3. The molecule has 1 rings (SSSR count). The quantitative estimate of drug-likeness (QED) is 0.470. The van der Waals surface area contributed by atoms with Crippen LogP contribution >= 0.6 is 0 Å². The van der Waals surface area contributed by atoms with Gasteiger partial charge in [-0.15, -0.1) is 0 Å². The van der Waals surface area contributed by atoms with E-state index < -0.39 is 60.3 Å². The fourth-order valence-corrected chi connectivity index (χ4v) is 2.00. The second-order valence-electron chi connectivity index (χ2n) is 6.39. The summed E-state index contributed by atoms with van der Waals surface area (Å²) < 4.78 is 5.88. The number of hydrogen-bond donors (Lipinski definition) is 3. The highest BCUT2D eigenvalue weighted by Gasteiger charge is 2.19. The van der Waals surface area contributed by atoms with Gasteiger partial charge in [-0.25, -0.2) is 32.9 Å². The van der Waals surface area contributed by atoms with Gasteiger partial charge in [0.25, 0.3) is 0 Å². The standard InChI is InChI=1S/C14H20N4O9/c1-14(2,3)27-10(23)15-4-5-16-11(24)17(6-8(19)20)13(26)18(12(16)25)7-9(21)22/h4-7H2,1-3H3,(H,15,23)(H,19,20)(H,21,22). The summed E-state index contributed by atoms with van der Waals surface area (Å²) in [7, 11) is 0. The van der Waals surface area contributed by atoms with E-state index in [0.717, 1.165) is 0 Å². The molecule has 0 fully saturated rings. The summed E-state index contributed by atoms with van der Waals surface area (Å²) in [5, 5.41) is 19.9. The minimum Gasteiger partial charge on any atom is -0.480 e. The third-order valence-corrected chi connectivity index (χ3v) is 2.98. The smallest absolute Gasteiger partial charge is 0.407 e. The fourth-order valence-electron chi connectivity index (χ4n) is 2.00. The summed E-state index contributed by atoms with van der Waals surface area (Å²) in [4.78, 5) is 69.9. The van der Waals surface area contributed by atoms with E-state index in [1.165, 1.54) is 0 Å². The molecule has 13 heteroatoms. The van der Waals surface area contributed by atoms with E-state index in [4.69, 9.17) is 14.9 Å². The molecule has 0 radical (unpaired) electrons. The number of rotatable bonds is 7. The van der Waals surface area contributed by atoms with Gasteiger partial charge in [-0.1, -0.05) is 0 Å². The molecule has 0 aliphatic rings. The minimum absolute atomic E-state index is 0.222. The molecule has 13 nitrogen and oxygen atoms in total. The van der Waals surface area contributed by atoms with Crippen molar-refractivity contribution in [2.24, 2.45) is 0 Å². The lowest BCUT2D eigenvalue weighted by Gasteiger charge is -2.19. The second kappa shape index (κ2) is 8.33. The van der Waals surface area contributed by atoms with Gasteiger partial charge in [-0.2, -0.15) is 0 Å². The molecular weight excluding hydrogens is 368 g/mol. The number of carboxylic acids is 2. The molecule has 1 aromatic rings. The van der Waals surface area contributed by atoms with Crippen molar-refractivity contribution >= 4 is 18.0 Å². The highest BCUT2D eigenvalue weighted by atomic mass is 16.6. The maximum atomic E-state index is 12.2. The first kappa shape index (κ1) is 21.7. The number of aromatic nitrogens is 3. The monoisotopic (exact) mass is 388 g/mol. The van der Waals surface area contributed by atoms with Crippen LogP contribution in [0.15, 0.2) is 14.4 Å². The molecule has 1 amide bonds. The van der Waals surface area contributed by atoms with Crippen LogP contribution in [0.25, 0.3) is 0 Å². The molecule has 0 saturated carbocycles. The topological polar surface area (TPSA) is 179 Å². The van der Waals surface area contributed by atoms with Crippen LogP contribution in [0.2, 0.25) is 0 Å². The van der Waals surface area contributed by atoms with E-state index in [0.29, 0.717) is 4.57 Å². The van der Waals surface area contributed by atoms with E-state index >= 15 is 0 Å². The third kappa shape index (κ3) is 6.13. The van der Waals surface area contributed by atoms with E-state index in [2.05, 4.69) is 5.32 Å². The summed E-state index contributed by atoms with van der Waals surface area (Å²) in [6, 6.07) is 0. The molecule has 0 aromatic carbocycles. The van der Waals surface area contributed by atoms with Crippen LogP contribution in [-0.4, -0.2) is 54.1 Å². The Kier molecular flexibility index (Phi) is 6.69. The Morgan fingerprint density at radius 3 is 1.67 bits per heavy atom. The molecule has 1 aromatic heterocycles. The number of nitrogens with one attached hydrogen (secondary N) is 1. The molecule has 0 aliphatic heterocycles. The van der Waals surface area contributed by atoms with Gasteiger partial charge < -0.3 is 20.3 Å². The maximum Gasteiger partial charge on any atom is 0.407 e. The largest absolute Gasteiger partial charge is 0.480 e. The normalized spacial score (nSPS) is 11.1. The minimum atomic E-state index is -1.53. The number of carbonyl (C=O) groups excluding carboxylic acids is 1. The van der Waals surface area contributed by atoms with E-state index in [1.807, 2.05) is 0 Å². The fraction of sp³-hybridized carbons (Fsp3) is 0.571. The predicted molar refractivity (Wildman–Crippen MR) is 88.7 cm³/mol. The summed E-state index contributed by atoms with van der Waals surface area (Å²) >= 11 is 0. The average molecular weight is 388 g/mol. The Labute approximate surface area is 151 Å². The van der Waals surface area contributed by atoms with Gasteiger partial charge in [-0.3, -0.25) is 9.59 Å². The van der Waals surface area contributed by atoms with Gasteiger partial charge in [0.15, 0.2) is 0 Å². The van der Waals surface area contributed by atoms with E-state index in [9.17, 15) is 28.8 Å². The molecule has 0 spiro atoms. The van der Waals surface area contributed by atoms with Gasteiger partial charge in [0.05, 0.1) is 0 Å². The van der Waals surface area contributed by atoms with Crippen molar-refractivity contribution in [3.63, 3.8) is 0 Å². The van der Waals surface area contributed by atoms with Crippen LogP contribution in [-0.2, 0) is 34.0 Å². The van der Waals surface area contributed by atoms with E-state index in [-0.39, 0.29) is 15.7 Å². The summed E-state index contributed by atoms with van der Waals surface area (Å²) in [5.74, 6) is -3.07. The first-order valence-electron chi connectivity index (χ1n) is 7.68. The molecule has 0 atom stereocenters. The summed E-state index contributed by atoms with van der Waals surface area (Å²) in [6.07, 6.45) is -0.819. The molecule has 0 aliphatic carbocycles. The number of carboxylic acid groups (broad SMARTS) is 2. The lowest BCUT2D eigenvalue weighted by molar-refractivity contribution is -0.138. The van der Waals surface area contributed by atoms with Crippen molar-refractivity contribution in [2.75, 3.05) is 6.54 Å². The van der Waals surface area contributed by atoms with Crippen LogP contribution in [0, 0.1) is 0 Å². The van der Waals surface area contributed by atoms with Crippen molar-refractivity contribution in [2.45, 2.75) is 46.0 Å². The SMILES string of the molecule is CC(C)(C)OC(=O)NCCn1c(=O)n(CC(=O)O)c(=O)n(CC(=O)O)c1=O. The Hall–Kier alpha value is -3.38. The zero-order chi connectivity index (χ0) is 20.9. The predicted octanol–water partition coefficient (Wildman–Crippen LogP) is -2.13. The summed E-state index contributed by atoms with van der Waals surface area (Å²) in [6.45, 7) is 2.07. The van der Waals surface area contributed by atoms with Gasteiger partial charge in [-0.05, 0) is 20.8 Å². The van der Waals surface area contributed by atoms with Crippen molar-refractivity contribution in [3.8, 4) is 0 Å². The highest BCUT2D eigenvalue weighted by Crippen LogP contribution is 2.05. The highest BCUT2D eigenvalue weighted by molar-refractivity contribution is 5.67. The van der Waals surface area contributed by atoms with Crippen LogP contribution in [0.5, 0.6) is 0 Å². The molecule has 0 unspecified atom stereocenters. The second-order valence-corrected chi connectivity index (χ2v) is 6.39. The molecule has 150 valence electrons. The molecule has 1 heterocycles. The van der Waals surface area contributed by atoms with Gasteiger partial charge >= 0.3 is 35.1 Å². The Morgan fingerprint density at radius 2 is 1.30 bits per heavy atom. The van der Waals surface area contributed by atoms with Crippen molar-refractivity contribution in [1.29, 1.82) is 0 Å². The molecular formula is C14H20N4O9. The van der Waals surface area contributed by atoms with Gasteiger partial charge in [0.2, 0.25) is 0 Å². The zero-order valence-corrected chi connectivity index (χ0v) is 14.9. The van der Waals surface area contributed by atoms with Gasteiger partial charge in [0, 0.05) is 13.1 Å². The van der Waals surface area contributed by atoms with Crippen molar-refractivity contribution < 1.29 is 29.3 Å². The first-order chi connectivity index (χ1) is 12.3. The molecule has 3 N–H and O–H groups in total. The number of nitrogens with zero attached hydrogens (tertiary/aromatic N) is 3. The first-order valence-corrected chi connectivity index (χ1v) is 7.68. The lowest BCUT2D eigenvalue weighted by Crippen LogP contribution is -2.56. The van der Waals surface area contributed by atoms with E-state index in [1.54, 1.807) is 20.8 Å². The number of hydrogen-bond acceptors (Lipinski definition) is 7. The summed E-state index contributed by atoms with van der Waals surface area (Å²) in [5.41, 5.74) is -4.60. The Bertz CT molecular complexity index is 862.